The lowest BCUT2D eigenvalue weighted by Gasteiger charge is -2.42. The van der Waals surface area contributed by atoms with Gasteiger partial charge in [-0.1, -0.05) is 53.4 Å². The Kier molecular flexibility index (Phi) is 13.4. The molecule has 0 amide bonds. The van der Waals surface area contributed by atoms with Crippen molar-refractivity contribution in [1.29, 1.82) is 0 Å². The molecule has 0 aromatic rings. The maximum absolute atomic E-state index is 13.3. The molecule has 8 nitrogen and oxygen atoms in total. The Hall–Kier alpha value is -1.96. The number of carbonyl (C=O) groups is 4. The Morgan fingerprint density at radius 1 is 0.875 bits per heavy atom. The van der Waals surface area contributed by atoms with Crippen molar-refractivity contribution in [2.24, 2.45) is 11.8 Å². The zero-order chi connectivity index (χ0) is 24.9. The average molecular weight is 459 g/mol. The van der Waals surface area contributed by atoms with Gasteiger partial charge in [-0.25, -0.2) is 4.79 Å². The lowest BCUT2D eigenvalue weighted by Crippen LogP contribution is -2.56. The Labute approximate surface area is 191 Å². The van der Waals surface area contributed by atoms with Crippen molar-refractivity contribution >= 4 is 23.7 Å². The molecule has 0 aromatic carbocycles. The number of carboxylic acid groups (broad SMARTS) is 2. The fourth-order valence-corrected chi connectivity index (χ4v) is 4.45. The standard InChI is InChI=1S/C24H42O8/c1-6-10-13-18(9-4)23(14-11-7-2,15-12-8-3)32-21(28)20(17(5)25)24(31,22(29)30)16-19(26)27/h18,20,31H,6-16H2,1-5H3,(H,26,27)(H,29,30). The molecule has 0 aliphatic heterocycles. The quantitative estimate of drug-likeness (QED) is 0.203. The molecule has 0 aromatic heterocycles. The number of aliphatic hydroxyl groups is 1. The van der Waals surface area contributed by atoms with E-state index >= 15 is 0 Å². The fraction of sp³-hybridized carbons (Fsp3) is 0.833. The third-order valence-electron chi connectivity index (χ3n) is 6.26. The highest BCUT2D eigenvalue weighted by Gasteiger charge is 2.55. The Bertz CT molecular complexity index is 621. The predicted octanol–water partition coefficient (Wildman–Crippen LogP) is 4.36. The number of hydrogen-bond donors (Lipinski definition) is 3. The molecule has 186 valence electrons. The molecule has 0 bridgehead atoms. The maximum atomic E-state index is 13.3. The summed E-state index contributed by atoms with van der Waals surface area (Å²) in [7, 11) is 0. The normalized spacial score (nSPS) is 15.4. The first-order valence-corrected chi connectivity index (χ1v) is 11.9. The van der Waals surface area contributed by atoms with E-state index in [9.17, 15) is 29.4 Å². The molecule has 0 fully saturated rings. The monoisotopic (exact) mass is 458 g/mol. The number of ketones is 1. The van der Waals surface area contributed by atoms with E-state index in [-0.39, 0.29) is 5.92 Å². The predicted molar refractivity (Wildman–Crippen MR) is 120 cm³/mol. The van der Waals surface area contributed by atoms with Gasteiger partial charge in [-0.05, 0) is 51.4 Å². The third kappa shape index (κ3) is 8.19. The molecule has 0 saturated heterocycles. The van der Waals surface area contributed by atoms with Crippen molar-refractivity contribution in [3.05, 3.63) is 0 Å². The van der Waals surface area contributed by atoms with Crippen LogP contribution in [0.3, 0.4) is 0 Å². The average Bonchev–Trinajstić information content (AvgIpc) is 2.69. The first-order valence-electron chi connectivity index (χ1n) is 11.9. The molecule has 3 N–H and O–H groups in total. The Balaban J connectivity index is 6.38. The van der Waals surface area contributed by atoms with Crippen molar-refractivity contribution in [3.8, 4) is 0 Å². The number of aliphatic carboxylic acids is 2. The van der Waals surface area contributed by atoms with E-state index in [0.717, 1.165) is 58.3 Å². The van der Waals surface area contributed by atoms with E-state index in [1.54, 1.807) is 0 Å². The number of carboxylic acids is 2. The van der Waals surface area contributed by atoms with Crippen LogP contribution >= 0.6 is 0 Å². The van der Waals surface area contributed by atoms with E-state index in [1.807, 2.05) is 20.8 Å². The molecule has 0 spiro atoms. The van der Waals surface area contributed by atoms with Gasteiger partial charge in [-0.2, -0.15) is 0 Å². The summed E-state index contributed by atoms with van der Waals surface area (Å²) in [5.74, 6) is -7.79. The topological polar surface area (TPSA) is 138 Å². The number of ether oxygens (including phenoxy) is 1. The zero-order valence-electron chi connectivity index (χ0n) is 20.3. The molecular formula is C24H42O8. The zero-order valence-corrected chi connectivity index (χ0v) is 20.3. The molecule has 8 heteroatoms. The molecule has 0 aliphatic rings. The van der Waals surface area contributed by atoms with Crippen molar-refractivity contribution in [3.63, 3.8) is 0 Å². The van der Waals surface area contributed by atoms with Gasteiger partial charge < -0.3 is 20.1 Å². The van der Waals surface area contributed by atoms with Crippen LogP contribution in [0.15, 0.2) is 0 Å². The van der Waals surface area contributed by atoms with Crippen molar-refractivity contribution in [2.45, 2.75) is 116 Å². The van der Waals surface area contributed by atoms with Crippen LogP contribution in [0.25, 0.3) is 0 Å². The molecule has 0 aliphatic carbocycles. The van der Waals surface area contributed by atoms with Crippen LogP contribution in [0.1, 0.15) is 105 Å². The summed E-state index contributed by atoms with van der Waals surface area (Å²) in [6.45, 7) is 9.10. The van der Waals surface area contributed by atoms with E-state index in [1.165, 1.54) is 0 Å². The first-order chi connectivity index (χ1) is 14.9. The van der Waals surface area contributed by atoms with Gasteiger partial charge in [-0.15, -0.1) is 0 Å². The minimum Gasteiger partial charge on any atom is -0.481 e. The van der Waals surface area contributed by atoms with Crippen LogP contribution in [-0.4, -0.2) is 50.2 Å². The number of unbranched alkanes of at least 4 members (excludes halogenated alkanes) is 3. The maximum Gasteiger partial charge on any atom is 0.337 e. The van der Waals surface area contributed by atoms with Gasteiger partial charge in [0, 0.05) is 0 Å². The van der Waals surface area contributed by atoms with Crippen LogP contribution in [0.5, 0.6) is 0 Å². The van der Waals surface area contributed by atoms with Gasteiger partial charge >= 0.3 is 17.9 Å². The van der Waals surface area contributed by atoms with Gasteiger partial charge in [0.2, 0.25) is 0 Å². The van der Waals surface area contributed by atoms with Crippen LogP contribution < -0.4 is 0 Å². The lowest BCUT2D eigenvalue weighted by atomic mass is 9.74. The minimum absolute atomic E-state index is 0.00880. The van der Waals surface area contributed by atoms with Crippen LogP contribution in [0.2, 0.25) is 0 Å². The van der Waals surface area contributed by atoms with E-state index in [0.29, 0.717) is 12.8 Å². The molecule has 0 rings (SSSR count). The molecule has 0 heterocycles. The minimum atomic E-state index is -3.08. The third-order valence-corrected chi connectivity index (χ3v) is 6.26. The second kappa shape index (κ2) is 14.2. The smallest absolute Gasteiger partial charge is 0.337 e. The van der Waals surface area contributed by atoms with Crippen molar-refractivity contribution < 1.29 is 39.2 Å². The van der Waals surface area contributed by atoms with Gasteiger partial charge in [0.15, 0.2) is 11.5 Å². The van der Waals surface area contributed by atoms with Gasteiger partial charge in [0.25, 0.3) is 0 Å². The highest BCUT2D eigenvalue weighted by atomic mass is 16.6. The molecule has 0 saturated carbocycles. The number of Topliss-reactive ketones (excluding diaryl/α,β-unsaturated/α-hetero) is 1. The molecule has 32 heavy (non-hydrogen) atoms. The summed E-state index contributed by atoms with van der Waals surface area (Å²) in [6, 6.07) is 0. The second-order valence-electron chi connectivity index (χ2n) is 8.78. The summed E-state index contributed by atoms with van der Waals surface area (Å²) in [6.07, 6.45) is 6.59. The number of carbonyl (C=O) groups excluding carboxylic acids is 2. The van der Waals surface area contributed by atoms with E-state index in [4.69, 9.17) is 9.84 Å². The van der Waals surface area contributed by atoms with Crippen molar-refractivity contribution in [1.82, 2.24) is 0 Å². The Morgan fingerprint density at radius 2 is 1.38 bits per heavy atom. The lowest BCUT2D eigenvalue weighted by molar-refractivity contribution is -0.194. The van der Waals surface area contributed by atoms with Crippen LogP contribution in [-0.2, 0) is 23.9 Å². The van der Waals surface area contributed by atoms with Gasteiger partial charge in [0.05, 0.1) is 6.42 Å². The SMILES string of the molecule is CCCCC(CC)C(CCCC)(CCCC)OC(=O)C(C(C)=O)C(O)(CC(=O)O)C(=O)O. The summed E-state index contributed by atoms with van der Waals surface area (Å²) >= 11 is 0. The number of rotatable bonds is 18. The molecule has 0 radical (unpaired) electrons. The molecule has 3 atom stereocenters. The molecular weight excluding hydrogens is 416 g/mol. The number of esters is 1. The largest absolute Gasteiger partial charge is 0.481 e. The second-order valence-corrected chi connectivity index (χ2v) is 8.78. The highest BCUT2D eigenvalue weighted by molar-refractivity contribution is 6.05. The van der Waals surface area contributed by atoms with Crippen LogP contribution in [0.4, 0.5) is 0 Å². The summed E-state index contributed by atoms with van der Waals surface area (Å²) in [4.78, 5) is 48.6. The number of hydrogen-bond acceptors (Lipinski definition) is 6. The van der Waals surface area contributed by atoms with E-state index in [2.05, 4.69) is 6.92 Å². The first kappa shape index (κ1) is 30.0. The van der Waals surface area contributed by atoms with Crippen LogP contribution in [0, 0.1) is 11.8 Å². The van der Waals surface area contributed by atoms with Gasteiger partial charge in [-0.3, -0.25) is 14.4 Å². The summed E-state index contributed by atoms with van der Waals surface area (Å²) in [5, 5.41) is 29.3. The molecule has 3 unspecified atom stereocenters. The summed E-state index contributed by atoms with van der Waals surface area (Å²) in [5.41, 5.74) is -3.98. The van der Waals surface area contributed by atoms with Gasteiger partial charge in [0.1, 0.15) is 11.4 Å². The van der Waals surface area contributed by atoms with Crippen molar-refractivity contribution in [2.75, 3.05) is 0 Å². The van der Waals surface area contributed by atoms with E-state index < -0.39 is 47.2 Å². The fourth-order valence-electron chi connectivity index (χ4n) is 4.45. The summed E-state index contributed by atoms with van der Waals surface area (Å²) < 4.78 is 6.02. The Morgan fingerprint density at radius 3 is 1.72 bits per heavy atom. The highest BCUT2D eigenvalue weighted by Crippen LogP contribution is 2.40.